The van der Waals surface area contributed by atoms with Crippen LogP contribution in [0.2, 0.25) is 0 Å². The Labute approximate surface area is 197 Å². The van der Waals surface area contributed by atoms with Crippen molar-refractivity contribution in [3.05, 3.63) is 53.6 Å². The van der Waals surface area contributed by atoms with E-state index < -0.39 is 16.1 Å². The molecule has 180 valence electrons. The molecule has 2 atom stereocenters. The number of sulfonamides is 1. The molecule has 0 aromatic heterocycles. The summed E-state index contributed by atoms with van der Waals surface area (Å²) in [5.41, 5.74) is 2.36. The van der Waals surface area contributed by atoms with Crippen LogP contribution < -0.4 is 9.04 Å². The Morgan fingerprint density at radius 3 is 2.42 bits per heavy atom. The molecule has 1 N–H and O–H groups in total. The van der Waals surface area contributed by atoms with Gasteiger partial charge in [-0.25, -0.2) is 8.42 Å². The fourth-order valence-electron chi connectivity index (χ4n) is 4.69. The second kappa shape index (κ2) is 10.0. The Morgan fingerprint density at radius 2 is 1.79 bits per heavy atom. The third-order valence-electron chi connectivity index (χ3n) is 6.62. The van der Waals surface area contributed by atoms with E-state index in [0.717, 1.165) is 38.0 Å². The van der Waals surface area contributed by atoms with Crippen molar-refractivity contribution in [2.45, 2.75) is 63.6 Å². The van der Waals surface area contributed by atoms with Gasteiger partial charge >= 0.3 is 0 Å². The van der Waals surface area contributed by atoms with Crippen LogP contribution in [0.4, 0.5) is 5.69 Å². The van der Waals surface area contributed by atoms with Gasteiger partial charge in [-0.15, -0.1) is 0 Å². The van der Waals surface area contributed by atoms with Gasteiger partial charge in [0.05, 0.1) is 16.7 Å². The van der Waals surface area contributed by atoms with Crippen LogP contribution in [0.1, 0.15) is 57.3 Å². The van der Waals surface area contributed by atoms with Crippen molar-refractivity contribution in [2.75, 3.05) is 24.1 Å². The molecular formula is C26H35NO5S. The Kier molecular flexibility index (Phi) is 7.31. The van der Waals surface area contributed by atoms with Crippen molar-refractivity contribution in [1.82, 2.24) is 0 Å². The molecule has 2 aliphatic heterocycles. The minimum atomic E-state index is -3.81. The smallest absolute Gasteiger partial charge is 0.264 e. The van der Waals surface area contributed by atoms with Crippen LogP contribution in [0, 0.1) is 11.8 Å². The zero-order valence-corrected chi connectivity index (χ0v) is 20.6. The maximum absolute atomic E-state index is 13.7. The number of anilines is 1. The first-order valence-corrected chi connectivity index (χ1v) is 13.4. The van der Waals surface area contributed by atoms with Gasteiger partial charge < -0.3 is 14.6 Å². The van der Waals surface area contributed by atoms with Crippen LogP contribution in [0.25, 0.3) is 0 Å². The van der Waals surface area contributed by atoms with E-state index in [2.05, 4.69) is 6.92 Å². The van der Waals surface area contributed by atoms with Crippen LogP contribution in [0.15, 0.2) is 47.4 Å². The summed E-state index contributed by atoms with van der Waals surface area (Å²) in [7, 11) is -3.81. The van der Waals surface area contributed by atoms with E-state index in [1.165, 1.54) is 4.31 Å². The Hall–Kier alpha value is -2.09. The number of aliphatic hydroxyl groups is 1. The summed E-state index contributed by atoms with van der Waals surface area (Å²) in [6.07, 6.45) is 2.37. The second-order valence-corrected chi connectivity index (χ2v) is 11.4. The molecule has 2 aliphatic rings. The number of aryl methyl sites for hydroxylation is 1. The Morgan fingerprint density at radius 1 is 1.09 bits per heavy atom. The summed E-state index contributed by atoms with van der Waals surface area (Å²) >= 11 is 0. The first-order chi connectivity index (χ1) is 15.8. The molecule has 2 aromatic rings. The molecule has 0 amide bonds. The maximum Gasteiger partial charge on any atom is 0.264 e. The topological polar surface area (TPSA) is 76.1 Å². The summed E-state index contributed by atoms with van der Waals surface area (Å²) < 4.78 is 40.6. The van der Waals surface area contributed by atoms with E-state index in [0.29, 0.717) is 35.9 Å². The van der Waals surface area contributed by atoms with Crippen molar-refractivity contribution < 1.29 is 23.0 Å². The van der Waals surface area contributed by atoms with Gasteiger partial charge in [-0.2, -0.15) is 0 Å². The SMILES string of the molecule is CCc1ccc(N(CC(C)C)S(=O)(=O)c2ccc3c(c2)C(O)C[C@@H](C2CCOCC2)O3)cc1. The highest BCUT2D eigenvalue weighted by molar-refractivity contribution is 7.92. The van der Waals surface area contributed by atoms with Crippen molar-refractivity contribution in [3.8, 4) is 5.75 Å². The number of hydrogen-bond donors (Lipinski definition) is 1. The molecule has 6 nitrogen and oxygen atoms in total. The zero-order valence-electron chi connectivity index (χ0n) is 19.7. The van der Waals surface area contributed by atoms with Gasteiger partial charge in [0.25, 0.3) is 10.0 Å². The lowest BCUT2D eigenvalue weighted by Gasteiger charge is -2.36. The van der Waals surface area contributed by atoms with Crippen molar-refractivity contribution in [3.63, 3.8) is 0 Å². The van der Waals surface area contributed by atoms with Gasteiger partial charge in [-0.3, -0.25) is 4.31 Å². The predicted molar refractivity (Wildman–Crippen MR) is 129 cm³/mol. The van der Waals surface area contributed by atoms with Gasteiger partial charge in [-0.05, 0) is 61.1 Å². The van der Waals surface area contributed by atoms with Crippen molar-refractivity contribution >= 4 is 15.7 Å². The molecule has 0 saturated carbocycles. The van der Waals surface area contributed by atoms with E-state index in [4.69, 9.17) is 9.47 Å². The average Bonchev–Trinajstić information content (AvgIpc) is 2.82. The fraction of sp³-hybridized carbons (Fsp3) is 0.538. The van der Waals surface area contributed by atoms with Crippen LogP contribution in [-0.4, -0.2) is 39.4 Å². The molecule has 1 fully saturated rings. The lowest BCUT2D eigenvalue weighted by Crippen LogP contribution is -2.36. The minimum Gasteiger partial charge on any atom is -0.490 e. The molecule has 1 unspecified atom stereocenters. The molecule has 7 heteroatoms. The van der Waals surface area contributed by atoms with Gasteiger partial charge in [0, 0.05) is 37.7 Å². The molecule has 0 radical (unpaired) electrons. The molecule has 0 spiro atoms. The van der Waals surface area contributed by atoms with E-state index in [9.17, 15) is 13.5 Å². The maximum atomic E-state index is 13.7. The fourth-order valence-corrected chi connectivity index (χ4v) is 6.35. The van der Waals surface area contributed by atoms with Crippen LogP contribution >= 0.6 is 0 Å². The largest absolute Gasteiger partial charge is 0.490 e. The quantitative estimate of drug-likeness (QED) is 0.630. The van der Waals surface area contributed by atoms with Crippen LogP contribution in [-0.2, 0) is 21.2 Å². The number of aliphatic hydroxyl groups excluding tert-OH is 1. The molecule has 2 heterocycles. The van der Waals surface area contributed by atoms with Gasteiger partial charge in [0.15, 0.2) is 0 Å². The first kappa shape index (κ1) is 24.0. The third kappa shape index (κ3) is 5.20. The zero-order chi connectivity index (χ0) is 23.6. The molecule has 1 saturated heterocycles. The molecule has 4 rings (SSSR count). The number of nitrogens with zero attached hydrogens (tertiary/aromatic N) is 1. The highest BCUT2D eigenvalue weighted by Gasteiger charge is 2.35. The molecular weight excluding hydrogens is 438 g/mol. The van der Waals surface area contributed by atoms with Crippen LogP contribution in [0.3, 0.4) is 0 Å². The van der Waals surface area contributed by atoms with Gasteiger partial charge in [0.1, 0.15) is 11.9 Å². The number of benzene rings is 2. The minimum absolute atomic E-state index is 0.0756. The summed E-state index contributed by atoms with van der Waals surface area (Å²) in [5.74, 6) is 1.07. The lowest BCUT2D eigenvalue weighted by molar-refractivity contribution is -0.0151. The normalized spacial score (nSPS) is 21.5. The van der Waals surface area contributed by atoms with E-state index in [1.807, 2.05) is 38.1 Å². The van der Waals surface area contributed by atoms with Crippen molar-refractivity contribution in [1.29, 1.82) is 0 Å². The number of rotatable bonds is 7. The summed E-state index contributed by atoms with van der Waals surface area (Å²) in [4.78, 5) is 0.175. The lowest BCUT2D eigenvalue weighted by atomic mass is 9.87. The molecule has 33 heavy (non-hydrogen) atoms. The standard InChI is InChI=1S/C26H35NO5S/c1-4-19-5-7-21(8-6-19)27(17-18(2)3)33(29,30)22-9-10-25-23(15-22)24(28)16-26(32-25)20-11-13-31-14-12-20/h5-10,15,18,20,24,26,28H,4,11-14,16-17H2,1-3H3/t24?,26-/m0/s1. The highest BCUT2D eigenvalue weighted by Crippen LogP contribution is 2.40. The van der Waals surface area contributed by atoms with E-state index >= 15 is 0 Å². The molecule has 0 bridgehead atoms. The molecule has 2 aromatic carbocycles. The molecule has 0 aliphatic carbocycles. The van der Waals surface area contributed by atoms with E-state index in [1.54, 1.807) is 18.2 Å². The summed E-state index contributed by atoms with van der Waals surface area (Å²) in [6, 6.07) is 12.6. The average molecular weight is 474 g/mol. The van der Waals surface area contributed by atoms with Crippen LogP contribution in [0.5, 0.6) is 5.75 Å². The van der Waals surface area contributed by atoms with Crippen molar-refractivity contribution in [2.24, 2.45) is 11.8 Å². The number of hydrogen-bond acceptors (Lipinski definition) is 5. The van der Waals surface area contributed by atoms with Gasteiger partial charge in [0.2, 0.25) is 0 Å². The predicted octanol–water partition coefficient (Wildman–Crippen LogP) is 4.71. The Bertz CT molecular complexity index is 1040. The third-order valence-corrected chi connectivity index (χ3v) is 8.41. The van der Waals surface area contributed by atoms with E-state index in [-0.39, 0.29) is 16.9 Å². The Balaban J connectivity index is 1.63. The monoisotopic (exact) mass is 473 g/mol. The second-order valence-electron chi connectivity index (χ2n) is 9.51. The highest BCUT2D eigenvalue weighted by atomic mass is 32.2. The number of fused-ring (bicyclic) bond motifs is 1. The first-order valence-electron chi connectivity index (χ1n) is 12.0. The summed E-state index contributed by atoms with van der Waals surface area (Å²) in [6.45, 7) is 7.89. The number of ether oxygens (including phenoxy) is 2. The van der Waals surface area contributed by atoms with Gasteiger partial charge in [-0.1, -0.05) is 32.9 Å². The summed E-state index contributed by atoms with van der Waals surface area (Å²) in [5, 5.41) is 10.9.